The number of carbonyl (C=O) groups is 1. The molecule has 1 aliphatic rings. The number of halogens is 1. The van der Waals surface area contributed by atoms with Crippen LogP contribution in [0.25, 0.3) is 0 Å². The topological polar surface area (TPSA) is 49.8 Å². The van der Waals surface area contributed by atoms with Gasteiger partial charge in [0.25, 0.3) is 0 Å². The Balaban J connectivity index is 2.22. The second kappa shape index (κ2) is 6.61. The maximum Gasteiger partial charge on any atom is 0.413 e. The van der Waals surface area contributed by atoms with E-state index < -0.39 is 18.4 Å². The second-order valence-corrected chi connectivity index (χ2v) is 4.96. The molecule has 2 rings (SSSR count). The number of ether oxygens (including phenoxy) is 1. The van der Waals surface area contributed by atoms with Crippen molar-refractivity contribution in [2.75, 3.05) is 6.54 Å². The average Bonchev–Trinajstić information content (AvgIpc) is 2.75. The highest BCUT2D eigenvalue weighted by Gasteiger charge is 2.42. The fourth-order valence-electron chi connectivity index (χ4n) is 2.13. The zero-order chi connectivity index (χ0) is 15.4. The largest absolute Gasteiger partial charge is 0.436 e. The smallest absolute Gasteiger partial charge is 0.413 e. The van der Waals surface area contributed by atoms with Crippen LogP contribution in [-0.2, 0) is 4.74 Å². The van der Waals surface area contributed by atoms with Gasteiger partial charge in [0.2, 0.25) is 0 Å². The van der Waals surface area contributed by atoms with Gasteiger partial charge in [0.05, 0.1) is 6.54 Å². The van der Waals surface area contributed by atoms with Crippen molar-refractivity contribution >= 4 is 17.7 Å². The van der Waals surface area contributed by atoms with Crippen LogP contribution in [0, 0.1) is 0 Å². The maximum absolute atomic E-state index is 11.9. The van der Waals surface area contributed by atoms with Crippen molar-refractivity contribution in [3.63, 3.8) is 0 Å². The first-order valence-corrected chi connectivity index (χ1v) is 6.80. The van der Waals surface area contributed by atoms with Gasteiger partial charge in [-0.1, -0.05) is 61.2 Å². The molecule has 21 heavy (non-hydrogen) atoms. The molecule has 1 aromatic rings. The van der Waals surface area contributed by atoms with E-state index in [4.69, 9.17) is 16.3 Å². The summed E-state index contributed by atoms with van der Waals surface area (Å²) in [6.45, 7) is 7.45. The van der Waals surface area contributed by atoms with Crippen LogP contribution in [0.2, 0.25) is 5.02 Å². The third kappa shape index (κ3) is 3.17. The molecule has 0 radical (unpaired) electrons. The van der Waals surface area contributed by atoms with E-state index in [1.807, 2.05) is 0 Å². The number of nitrogens with zero attached hydrogens (tertiary/aromatic N) is 1. The molecule has 0 unspecified atom stereocenters. The molecule has 5 heteroatoms. The lowest BCUT2D eigenvalue weighted by Crippen LogP contribution is -2.35. The van der Waals surface area contributed by atoms with Crippen molar-refractivity contribution in [1.29, 1.82) is 0 Å². The molecule has 110 valence electrons. The minimum Gasteiger partial charge on any atom is -0.436 e. The zero-order valence-electron chi connectivity index (χ0n) is 11.4. The van der Waals surface area contributed by atoms with Gasteiger partial charge in [0.15, 0.2) is 12.3 Å². The summed E-state index contributed by atoms with van der Waals surface area (Å²) in [5.74, 6) is 0. The van der Waals surface area contributed by atoms with Gasteiger partial charge in [-0.25, -0.2) is 4.79 Å². The number of benzene rings is 1. The molecule has 4 nitrogen and oxygen atoms in total. The first-order valence-electron chi connectivity index (χ1n) is 6.42. The SMILES string of the molecule is C=C/C=C(\C=C)CN1C(=O)O[C@@H](c2ccccc2Cl)[C@H]1O. The Bertz CT molecular complexity index is 597. The van der Waals surface area contributed by atoms with Crippen LogP contribution >= 0.6 is 11.6 Å². The molecule has 0 bridgehead atoms. The highest BCUT2D eigenvalue weighted by molar-refractivity contribution is 6.31. The lowest BCUT2D eigenvalue weighted by molar-refractivity contribution is 0.0168. The monoisotopic (exact) mass is 305 g/mol. The number of aliphatic hydroxyl groups excluding tert-OH is 1. The Morgan fingerprint density at radius 3 is 2.76 bits per heavy atom. The van der Waals surface area contributed by atoms with Crippen LogP contribution in [0.4, 0.5) is 4.79 Å². The molecule has 1 aliphatic heterocycles. The van der Waals surface area contributed by atoms with E-state index >= 15 is 0 Å². The van der Waals surface area contributed by atoms with E-state index in [1.165, 1.54) is 4.90 Å². The fraction of sp³-hybridized carbons (Fsp3) is 0.188. The Kier molecular flexibility index (Phi) is 4.83. The molecule has 1 aromatic carbocycles. The van der Waals surface area contributed by atoms with Crippen molar-refractivity contribution in [1.82, 2.24) is 4.90 Å². The molecule has 1 N–H and O–H groups in total. The molecule has 1 heterocycles. The van der Waals surface area contributed by atoms with Crippen LogP contribution in [0.1, 0.15) is 11.7 Å². The molecular weight excluding hydrogens is 290 g/mol. The number of hydrogen-bond donors (Lipinski definition) is 1. The zero-order valence-corrected chi connectivity index (χ0v) is 12.2. The van der Waals surface area contributed by atoms with Crippen LogP contribution < -0.4 is 0 Å². The van der Waals surface area contributed by atoms with E-state index in [-0.39, 0.29) is 6.54 Å². The quantitative estimate of drug-likeness (QED) is 0.848. The number of cyclic esters (lactones) is 1. The third-order valence-corrected chi connectivity index (χ3v) is 3.56. The Morgan fingerprint density at radius 2 is 2.14 bits per heavy atom. The Hall–Kier alpha value is -2.04. The van der Waals surface area contributed by atoms with Gasteiger partial charge >= 0.3 is 6.09 Å². The highest BCUT2D eigenvalue weighted by Crippen LogP contribution is 2.35. The molecule has 1 fully saturated rings. The Labute approximate surface area is 128 Å². The van der Waals surface area contributed by atoms with E-state index in [1.54, 1.807) is 42.5 Å². The van der Waals surface area contributed by atoms with Crippen molar-refractivity contribution < 1.29 is 14.6 Å². The number of amides is 1. The van der Waals surface area contributed by atoms with E-state index in [0.717, 1.165) is 5.57 Å². The summed E-state index contributed by atoms with van der Waals surface area (Å²) in [6.07, 6.45) is 2.41. The van der Waals surface area contributed by atoms with Crippen LogP contribution in [0.3, 0.4) is 0 Å². The standard InChI is InChI=1S/C16H16ClNO3/c1-3-7-11(4-2)10-18-15(19)14(21-16(18)20)12-8-5-6-9-13(12)17/h3-9,14-15,19H,1-2,10H2/b11-7+/t14-,15+/m0/s1. The van der Waals surface area contributed by atoms with Gasteiger partial charge in [-0.2, -0.15) is 0 Å². The average molecular weight is 306 g/mol. The number of rotatable bonds is 5. The molecule has 1 amide bonds. The first-order chi connectivity index (χ1) is 10.1. The normalized spacial score (nSPS) is 22.1. The van der Waals surface area contributed by atoms with Crippen LogP contribution in [0.15, 0.2) is 61.2 Å². The molecule has 2 atom stereocenters. The van der Waals surface area contributed by atoms with E-state index in [0.29, 0.717) is 10.6 Å². The summed E-state index contributed by atoms with van der Waals surface area (Å²) in [4.78, 5) is 13.2. The van der Waals surface area contributed by atoms with Gasteiger partial charge in [-0.15, -0.1) is 0 Å². The second-order valence-electron chi connectivity index (χ2n) is 4.55. The molecule has 0 aromatic heterocycles. The number of carbonyl (C=O) groups excluding carboxylic acids is 1. The van der Waals surface area contributed by atoms with Gasteiger partial charge < -0.3 is 9.84 Å². The number of aliphatic hydroxyl groups is 1. The van der Waals surface area contributed by atoms with E-state index in [9.17, 15) is 9.90 Å². The van der Waals surface area contributed by atoms with Gasteiger partial charge in [-0.05, 0) is 11.6 Å². The molecular formula is C16H16ClNO3. The van der Waals surface area contributed by atoms with Crippen molar-refractivity contribution in [2.24, 2.45) is 0 Å². The fourth-order valence-corrected chi connectivity index (χ4v) is 2.37. The van der Waals surface area contributed by atoms with Crippen molar-refractivity contribution in [3.8, 4) is 0 Å². The lowest BCUT2D eigenvalue weighted by atomic mass is 10.1. The summed E-state index contributed by atoms with van der Waals surface area (Å²) in [5, 5.41) is 10.8. The number of allylic oxidation sites excluding steroid dienone is 2. The van der Waals surface area contributed by atoms with E-state index in [2.05, 4.69) is 13.2 Å². The maximum atomic E-state index is 11.9. The van der Waals surface area contributed by atoms with Crippen LogP contribution in [-0.4, -0.2) is 28.9 Å². The third-order valence-electron chi connectivity index (χ3n) is 3.21. The number of hydrogen-bond acceptors (Lipinski definition) is 3. The summed E-state index contributed by atoms with van der Waals surface area (Å²) < 4.78 is 5.24. The Morgan fingerprint density at radius 1 is 1.43 bits per heavy atom. The summed E-state index contributed by atoms with van der Waals surface area (Å²) in [6, 6.07) is 6.96. The van der Waals surface area contributed by atoms with Gasteiger partial charge in [-0.3, -0.25) is 4.90 Å². The lowest BCUT2D eigenvalue weighted by Gasteiger charge is -2.20. The minimum atomic E-state index is -1.11. The van der Waals surface area contributed by atoms with Gasteiger partial charge in [0, 0.05) is 10.6 Å². The van der Waals surface area contributed by atoms with Crippen LogP contribution in [0.5, 0.6) is 0 Å². The van der Waals surface area contributed by atoms with Crippen molar-refractivity contribution in [3.05, 3.63) is 71.8 Å². The minimum absolute atomic E-state index is 0.191. The molecule has 0 spiro atoms. The molecule has 0 aliphatic carbocycles. The van der Waals surface area contributed by atoms with Crippen molar-refractivity contribution in [2.45, 2.75) is 12.3 Å². The predicted octanol–water partition coefficient (Wildman–Crippen LogP) is 3.45. The molecule has 1 saturated heterocycles. The summed E-state index contributed by atoms with van der Waals surface area (Å²) in [7, 11) is 0. The highest BCUT2D eigenvalue weighted by atomic mass is 35.5. The summed E-state index contributed by atoms with van der Waals surface area (Å²) in [5.41, 5.74) is 1.33. The summed E-state index contributed by atoms with van der Waals surface area (Å²) >= 11 is 6.09. The van der Waals surface area contributed by atoms with Gasteiger partial charge in [0.1, 0.15) is 0 Å². The predicted molar refractivity (Wildman–Crippen MR) is 81.9 cm³/mol. The first kappa shape index (κ1) is 15.4. The molecule has 0 saturated carbocycles.